The summed E-state index contributed by atoms with van der Waals surface area (Å²) in [4.78, 5) is 11.9. The van der Waals surface area contributed by atoms with Crippen molar-refractivity contribution < 1.29 is 23.2 Å². The van der Waals surface area contributed by atoms with E-state index in [1.165, 1.54) is 19.1 Å². The normalized spacial score (nSPS) is 18.2. The molecule has 0 saturated heterocycles. The number of rotatable bonds is 5. The second-order valence-corrected chi connectivity index (χ2v) is 7.55. The van der Waals surface area contributed by atoms with Crippen LogP contribution >= 0.6 is 0 Å². The van der Waals surface area contributed by atoms with Crippen LogP contribution in [0.1, 0.15) is 17.2 Å². The number of benzene rings is 2. The van der Waals surface area contributed by atoms with E-state index in [0.717, 1.165) is 6.07 Å². The number of aryl methyl sites for hydroxylation is 1. The predicted octanol–water partition coefficient (Wildman–Crippen LogP) is 1.99. The van der Waals surface area contributed by atoms with Crippen molar-refractivity contribution in [1.82, 2.24) is 4.83 Å². The Morgan fingerprint density at radius 1 is 1.25 bits per heavy atom. The van der Waals surface area contributed by atoms with Gasteiger partial charge >= 0.3 is 0 Å². The minimum Gasteiger partial charge on any atom is -0.502 e. The molecule has 3 rings (SSSR count). The number of hydrogen-bond donors (Lipinski definition) is 3. The highest BCUT2D eigenvalue weighted by Crippen LogP contribution is 2.30. The van der Waals surface area contributed by atoms with Crippen LogP contribution in [0, 0.1) is 17.0 Å². The summed E-state index contributed by atoms with van der Waals surface area (Å²) in [6.45, 7) is 1.49. The summed E-state index contributed by atoms with van der Waals surface area (Å²) in [5.74, 6) is -0.786. The summed E-state index contributed by atoms with van der Waals surface area (Å²) in [7, 11) is -4.25. The molecule has 10 nitrogen and oxygen atoms in total. The van der Waals surface area contributed by atoms with Crippen LogP contribution in [0.15, 0.2) is 70.2 Å². The molecule has 0 radical (unpaired) electrons. The number of nitro benzene ring substituents is 1. The van der Waals surface area contributed by atoms with Gasteiger partial charge in [-0.3, -0.25) is 10.1 Å². The maximum Gasteiger partial charge on any atom is 0.277 e. The van der Waals surface area contributed by atoms with E-state index in [-0.39, 0.29) is 22.2 Å². The lowest BCUT2D eigenvalue weighted by Crippen LogP contribution is -2.23. The molecular weight excluding hydrogens is 388 g/mol. The van der Waals surface area contributed by atoms with Crippen molar-refractivity contribution >= 4 is 21.4 Å². The topological polar surface area (TPSA) is 157 Å². The van der Waals surface area contributed by atoms with Gasteiger partial charge in [-0.1, -0.05) is 36.4 Å². The van der Waals surface area contributed by atoms with Crippen molar-refractivity contribution in [2.45, 2.75) is 17.9 Å². The molecule has 0 aromatic heterocycles. The van der Waals surface area contributed by atoms with Gasteiger partial charge in [0.25, 0.3) is 15.7 Å². The van der Waals surface area contributed by atoms with Crippen LogP contribution in [-0.2, 0) is 14.8 Å². The number of non-ortho nitro benzene ring substituents is 1. The van der Waals surface area contributed by atoms with E-state index in [0.29, 0.717) is 11.1 Å². The average molecular weight is 404 g/mol. The smallest absolute Gasteiger partial charge is 0.277 e. The zero-order valence-electron chi connectivity index (χ0n) is 14.6. The summed E-state index contributed by atoms with van der Waals surface area (Å²) in [6.07, 6.45) is -0.907. The van der Waals surface area contributed by atoms with E-state index in [1.54, 1.807) is 30.3 Å². The second kappa shape index (κ2) is 7.19. The number of nitrogens with two attached hydrogens (primary N) is 1. The molecule has 0 amide bonds. The fraction of sp³-hybridized carbons (Fsp3) is 0.118. The van der Waals surface area contributed by atoms with Crippen molar-refractivity contribution in [1.29, 1.82) is 0 Å². The molecule has 0 fully saturated rings. The zero-order valence-corrected chi connectivity index (χ0v) is 15.4. The standard InChI is InChI=1S/C17H16N4O6S/c1-10-7-8-12(21(23)24)9-13(10)28(25,26)20-19-14-15(22)17(18)27-16(14)11-5-3-2-4-6-11/h2-9,16,20,22H,18H2,1H3/b19-14+. The van der Waals surface area contributed by atoms with Gasteiger partial charge in [0.15, 0.2) is 11.8 Å². The summed E-state index contributed by atoms with van der Waals surface area (Å²) in [6, 6.07) is 12.1. The number of nitro groups is 1. The Balaban J connectivity index is 1.97. The van der Waals surface area contributed by atoms with Crippen molar-refractivity contribution in [3.63, 3.8) is 0 Å². The summed E-state index contributed by atoms with van der Waals surface area (Å²) < 4.78 is 30.6. The Morgan fingerprint density at radius 3 is 2.57 bits per heavy atom. The van der Waals surface area contributed by atoms with Crippen molar-refractivity contribution in [3.8, 4) is 0 Å². The SMILES string of the molecule is Cc1ccc([N+](=O)[O-])cc1S(=O)(=O)N/N=C1\C(O)=C(N)OC1c1ccccc1. The van der Waals surface area contributed by atoms with E-state index in [1.807, 2.05) is 4.83 Å². The van der Waals surface area contributed by atoms with Gasteiger partial charge in [-0.25, -0.2) is 0 Å². The first-order valence-corrected chi connectivity index (χ1v) is 9.44. The number of nitrogens with one attached hydrogen (secondary N) is 1. The summed E-state index contributed by atoms with van der Waals surface area (Å²) in [5.41, 5.74) is 5.98. The van der Waals surface area contributed by atoms with Gasteiger partial charge in [0.2, 0.25) is 11.6 Å². The molecule has 11 heteroatoms. The molecule has 2 aromatic carbocycles. The van der Waals surface area contributed by atoms with Gasteiger partial charge in [0, 0.05) is 12.1 Å². The Morgan fingerprint density at radius 2 is 1.93 bits per heavy atom. The predicted molar refractivity (Wildman–Crippen MR) is 99.7 cm³/mol. The second-order valence-electron chi connectivity index (χ2n) is 5.92. The van der Waals surface area contributed by atoms with Gasteiger partial charge in [0.05, 0.1) is 9.82 Å². The van der Waals surface area contributed by atoms with Gasteiger partial charge in [0.1, 0.15) is 0 Å². The van der Waals surface area contributed by atoms with Crippen LogP contribution in [0.2, 0.25) is 0 Å². The van der Waals surface area contributed by atoms with E-state index in [9.17, 15) is 23.6 Å². The van der Waals surface area contributed by atoms with E-state index in [2.05, 4.69) is 5.10 Å². The quantitative estimate of drug-likeness (QED) is 0.508. The van der Waals surface area contributed by atoms with Crippen molar-refractivity contribution in [2.75, 3.05) is 0 Å². The van der Waals surface area contributed by atoms with E-state index >= 15 is 0 Å². The van der Waals surface area contributed by atoms with Crippen molar-refractivity contribution in [2.24, 2.45) is 10.8 Å². The molecule has 4 N–H and O–H groups in total. The number of nitrogens with zero attached hydrogens (tertiary/aromatic N) is 2. The molecular formula is C17H16N4O6S. The highest BCUT2D eigenvalue weighted by molar-refractivity contribution is 7.89. The number of hydrogen-bond acceptors (Lipinski definition) is 8. The third kappa shape index (κ3) is 3.60. The Bertz CT molecular complexity index is 1100. The molecule has 1 unspecified atom stereocenters. The molecule has 1 aliphatic heterocycles. The third-order valence-electron chi connectivity index (χ3n) is 4.03. The van der Waals surface area contributed by atoms with Crippen LogP contribution < -0.4 is 10.6 Å². The Labute approximate surface area is 160 Å². The number of aliphatic hydroxyl groups excluding tert-OH is 1. The molecule has 1 heterocycles. The van der Waals surface area contributed by atoms with Gasteiger partial charge in [-0.05, 0) is 18.1 Å². The largest absolute Gasteiger partial charge is 0.502 e. The first-order valence-electron chi connectivity index (χ1n) is 7.96. The van der Waals surface area contributed by atoms with Gasteiger partial charge < -0.3 is 15.6 Å². The third-order valence-corrected chi connectivity index (χ3v) is 5.38. The molecule has 1 atom stereocenters. The highest BCUT2D eigenvalue weighted by Gasteiger charge is 2.34. The van der Waals surface area contributed by atoms with Crippen LogP contribution in [0.25, 0.3) is 0 Å². The average Bonchev–Trinajstić information content (AvgIpc) is 2.95. The molecule has 1 aliphatic rings. The Kier molecular flexibility index (Phi) is 4.92. The zero-order chi connectivity index (χ0) is 20.5. The number of hydrazone groups is 1. The minimum absolute atomic E-state index is 0.129. The van der Waals surface area contributed by atoms with Crippen LogP contribution in [0.4, 0.5) is 5.69 Å². The molecule has 0 spiro atoms. The number of aliphatic hydroxyl groups is 1. The molecule has 2 aromatic rings. The van der Waals surface area contributed by atoms with Gasteiger partial charge in [-0.2, -0.15) is 18.4 Å². The summed E-state index contributed by atoms with van der Waals surface area (Å²) in [5, 5.41) is 24.8. The van der Waals surface area contributed by atoms with Gasteiger partial charge in [-0.15, -0.1) is 0 Å². The fourth-order valence-electron chi connectivity index (χ4n) is 2.60. The maximum atomic E-state index is 12.6. The monoisotopic (exact) mass is 404 g/mol. The Hall–Kier alpha value is -3.60. The lowest BCUT2D eigenvalue weighted by Gasteiger charge is -2.13. The lowest BCUT2D eigenvalue weighted by molar-refractivity contribution is -0.385. The van der Waals surface area contributed by atoms with Crippen LogP contribution in [0.5, 0.6) is 0 Å². The molecule has 0 saturated carbocycles. The molecule has 0 aliphatic carbocycles. The van der Waals surface area contributed by atoms with Crippen molar-refractivity contribution in [3.05, 3.63) is 81.4 Å². The van der Waals surface area contributed by atoms with E-state index in [4.69, 9.17) is 10.5 Å². The van der Waals surface area contributed by atoms with Crippen LogP contribution in [-0.4, -0.2) is 24.2 Å². The first-order chi connectivity index (χ1) is 13.2. The minimum atomic E-state index is -4.25. The summed E-state index contributed by atoms with van der Waals surface area (Å²) >= 11 is 0. The van der Waals surface area contributed by atoms with E-state index < -0.39 is 26.8 Å². The number of sulfonamides is 1. The molecule has 146 valence electrons. The highest BCUT2D eigenvalue weighted by atomic mass is 32.2. The lowest BCUT2D eigenvalue weighted by atomic mass is 10.1. The maximum absolute atomic E-state index is 12.6. The molecule has 0 bridgehead atoms. The van der Waals surface area contributed by atoms with Crippen LogP contribution in [0.3, 0.4) is 0 Å². The number of ether oxygens (including phenoxy) is 1. The first kappa shape index (κ1) is 19.2. The fourth-order valence-corrected chi connectivity index (χ4v) is 3.69. The molecule has 28 heavy (non-hydrogen) atoms.